The molecule has 1 aliphatic carbocycles. The molecular weight excluding hydrogens is 288 g/mol. The van der Waals surface area contributed by atoms with Crippen LogP contribution in [0.5, 0.6) is 0 Å². The fraction of sp³-hybridized carbons (Fsp3) is 0.632. The molecule has 0 spiro atoms. The second-order valence-corrected chi connectivity index (χ2v) is 7.50. The molecule has 0 heterocycles. The van der Waals surface area contributed by atoms with Crippen molar-refractivity contribution < 1.29 is 9.53 Å². The Morgan fingerprint density at radius 2 is 1.74 bits per heavy atom. The van der Waals surface area contributed by atoms with Crippen molar-refractivity contribution in [2.75, 3.05) is 0 Å². The second kappa shape index (κ2) is 7.82. The van der Waals surface area contributed by atoms with Gasteiger partial charge in [-0.25, -0.2) is 4.79 Å². The third kappa shape index (κ3) is 6.22. The van der Waals surface area contributed by atoms with Gasteiger partial charge < -0.3 is 15.4 Å². The zero-order valence-electron chi connectivity index (χ0n) is 14.8. The molecule has 2 rings (SSSR count). The topological polar surface area (TPSA) is 50.4 Å². The molecule has 0 unspecified atom stereocenters. The smallest absolute Gasteiger partial charge is 0.407 e. The first-order chi connectivity index (χ1) is 10.8. The van der Waals surface area contributed by atoms with Crippen molar-refractivity contribution in [1.29, 1.82) is 0 Å². The molecule has 0 saturated heterocycles. The molecule has 0 bridgehead atoms. The summed E-state index contributed by atoms with van der Waals surface area (Å²) in [4.78, 5) is 11.8. The highest BCUT2D eigenvalue weighted by molar-refractivity contribution is 5.68. The predicted octanol–water partition coefficient (Wildman–Crippen LogP) is 3.92. The molecule has 2 N–H and O–H groups in total. The summed E-state index contributed by atoms with van der Waals surface area (Å²) in [5.74, 6) is 0. The van der Waals surface area contributed by atoms with Crippen LogP contribution in [0.4, 0.5) is 4.79 Å². The van der Waals surface area contributed by atoms with Crippen LogP contribution >= 0.6 is 0 Å². The van der Waals surface area contributed by atoms with Gasteiger partial charge in [-0.15, -0.1) is 0 Å². The van der Waals surface area contributed by atoms with Gasteiger partial charge in [0.05, 0.1) is 0 Å². The third-order valence-electron chi connectivity index (χ3n) is 4.29. The van der Waals surface area contributed by atoms with E-state index in [0.29, 0.717) is 6.04 Å². The van der Waals surface area contributed by atoms with Crippen molar-refractivity contribution in [2.24, 2.45) is 0 Å². The van der Waals surface area contributed by atoms with Crippen molar-refractivity contribution in [3.63, 3.8) is 0 Å². The molecule has 23 heavy (non-hydrogen) atoms. The second-order valence-electron chi connectivity index (χ2n) is 7.50. The molecule has 1 amide bonds. The Balaban J connectivity index is 1.70. The van der Waals surface area contributed by atoms with Crippen LogP contribution < -0.4 is 10.6 Å². The van der Waals surface area contributed by atoms with Crippen molar-refractivity contribution in [1.82, 2.24) is 10.6 Å². The van der Waals surface area contributed by atoms with E-state index < -0.39 is 5.60 Å². The summed E-state index contributed by atoms with van der Waals surface area (Å²) < 4.78 is 5.32. The van der Waals surface area contributed by atoms with Crippen LogP contribution in [0, 0.1) is 6.92 Å². The van der Waals surface area contributed by atoms with Crippen molar-refractivity contribution in [3.05, 3.63) is 35.4 Å². The van der Waals surface area contributed by atoms with Gasteiger partial charge in [0, 0.05) is 18.6 Å². The average molecular weight is 318 g/mol. The number of hydrogen-bond donors (Lipinski definition) is 2. The van der Waals surface area contributed by atoms with Gasteiger partial charge in [-0.1, -0.05) is 24.3 Å². The maximum absolute atomic E-state index is 11.8. The lowest BCUT2D eigenvalue weighted by Crippen LogP contribution is -2.43. The minimum atomic E-state index is -0.434. The number of amides is 1. The lowest BCUT2D eigenvalue weighted by molar-refractivity contribution is 0.0489. The summed E-state index contributed by atoms with van der Waals surface area (Å²) in [6.45, 7) is 8.73. The van der Waals surface area contributed by atoms with E-state index in [9.17, 15) is 4.79 Å². The molecule has 1 fully saturated rings. The third-order valence-corrected chi connectivity index (χ3v) is 4.29. The summed E-state index contributed by atoms with van der Waals surface area (Å²) in [6, 6.07) is 9.27. The Morgan fingerprint density at radius 3 is 2.35 bits per heavy atom. The Labute approximate surface area is 140 Å². The van der Waals surface area contributed by atoms with Crippen LogP contribution in [0.25, 0.3) is 0 Å². The van der Waals surface area contributed by atoms with E-state index in [1.165, 1.54) is 11.1 Å². The van der Waals surface area contributed by atoms with Crippen LogP contribution in [0.1, 0.15) is 57.6 Å². The molecule has 1 aromatic carbocycles. The Kier molecular flexibility index (Phi) is 6.05. The highest BCUT2D eigenvalue weighted by Gasteiger charge is 2.24. The number of rotatable bonds is 4. The van der Waals surface area contributed by atoms with Gasteiger partial charge >= 0.3 is 6.09 Å². The summed E-state index contributed by atoms with van der Waals surface area (Å²) >= 11 is 0. The van der Waals surface area contributed by atoms with Gasteiger partial charge in [0.2, 0.25) is 0 Å². The van der Waals surface area contributed by atoms with Crippen LogP contribution in [-0.2, 0) is 11.3 Å². The minimum Gasteiger partial charge on any atom is -0.444 e. The normalized spacial score (nSPS) is 21.7. The summed E-state index contributed by atoms with van der Waals surface area (Å²) in [5, 5.41) is 6.64. The highest BCUT2D eigenvalue weighted by atomic mass is 16.6. The van der Waals surface area contributed by atoms with E-state index in [-0.39, 0.29) is 12.1 Å². The van der Waals surface area contributed by atoms with E-state index in [1.807, 2.05) is 20.8 Å². The first-order valence-corrected chi connectivity index (χ1v) is 8.61. The van der Waals surface area contributed by atoms with Crippen LogP contribution in [0.3, 0.4) is 0 Å². The molecule has 0 radical (unpaired) electrons. The standard InChI is InChI=1S/C19H30N2O2/c1-14-7-5-6-8-15(14)13-20-16-9-11-17(12-10-16)21-18(22)23-19(2,3)4/h5-8,16-17,20H,9-13H2,1-4H3,(H,21,22). The van der Waals surface area contributed by atoms with E-state index in [2.05, 4.69) is 41.8 Å². The van der Waals surface area contributed by atoms with E-state index in [1.54, 1.807) is 0 Å². The average Bonchev–Trinajstić information content (AvgIpc) is 2.46. The zero-order chi connectivity index (χ0) is 16.9. The molecule has 1 aliphatic rings. The maximum Gasteiger partial charge on any atom is 0.407 e. The van der Waals surface area contributed by atoms with E-state index in [0.717, 1.165) is 32.2 Å². The van der Waals surface area contributed by atoms with Gasteiger partial charge in [0.1, 0.15) is 5.60 Å². The first kappa shape index (κ1) is 17.8. The Morgan fingerprint density at radius 1 is 1.13 bits per heavy atom. The number of ether oxygens (including phenoxy) is 1. The summed E-state index contributed by atoms with van der Waals surface area (Å²) in [7, 11) is 0. The Hall–Kier alpha value is -1.55. The lowest BCUT2D eigenvalue weighted by Gasteiger charge is -2.30. The van der Waals surface area contributed by atoms with Gasteiger partial charge in [-0.2, -0.15) is 0 Å². The molecule has 4 heteroatoms. The first-order valence-electron chi connectivity index (χ1n) is 8.61. The summed E-state index contributed by atoms with van der Waals surface area (Å²) in [5.41, 5.74) is 2.26. The molecule has 0 aliphatic heterocycles. The minimum absolute atomic E-state index is 0.237. The molecule has 4 nitrogen and oxygen atoms in total. The molecule has 128 valence electrons. The summed E-state index contributed by atoms with van der Waals surface area (Å²) in [6.07, 6.45) is 3.89. The highest BCUT2D eigenvalue weighted by Crippen LogP contribution is 2.20. The lowest BCUT2D eigenvalue weighted by atomic mass is 9.91. The SMILES string of the molecule is Cc1ccccc1CNC1CCC(NC(=O)OC(C)(C)C)CC1. The van der Waals surface area contributed by atoms with Crippen LogP contribution in [0.15, 0.2) is 24.3 Å². The number of benzene rings is 1. The molecule has 0 atom stereocenters. The monoisotopic (exact) mass is 318 g/mol. The quantitative estimate of drug-likeness (QED) is 0.884. The fourth-order valence-electron chi connectivity index (χ4n) is 2.98. The molecular formula is C19H30N2O2. The molecule has 1 aromatic rings. The number of carbonyl (C=O) groups is 1. The maximum atomic E-state index is 11.8. The molecule has 0 aromatic heterocycles. The fourth-order valence-corrected chi connectivity index (χ4v) is 2.98. The zero-order valence-corrected chi connectivity index (χ0v) is 14.8. The van der Waals surface area contributed by atoms with Gasteiger partial charge in [0.15, 0.2) is 0 Å². The van der Waals surface area contributed by atoms with Crippen molar-refractivity contribution in [3.8, 4) is 0 Å². The number of nitrogens with one attached hydrogen (secondary N) is 2. The Bertz CT molecular complexity index is 514. The largest absolute Gasteiger partial charge is 0.444 e. The molecule has 1 saturated carbocycles. The number of aryl methyl sites for hydroxylation is 1. The number of carbonyl (C=O) groups excluding carboxylic acids is 1. The van der Waals surface area contributed by atoms with Crippen molar-refractivity contribution in [2.45, 2.75) is 77.6 Å². The van der Waals surface area contributed by atoms with E-state index in [4.69, 9.17) is 4.74 Å². The number of alkyl carbamates (subject to hydrolysis) is 1. The van der Waals surface area contributed by atoms with Crippen LogP contribution in [-0.4, -0.2) is 23.8 Å². The van der Waals surface area contributed by atoms with Crippen LogP contribution in [0.2, 0.25) is 0 Å². The van der Waals surface area contributed by atoms with Gasteiger partial charge in [0.25, 0.3) is 0 Å². The number of hydrogen-bond acceptors (Lipinski definition) is 3. The van der Waals surface area contributed by atoms with Gasteiger partial charge in [-0.05, 0) is 64.5 Å². The van der Waals surface area contributed by atoms with Crippen molar-refractivity contribution >= 4 is 6.09 Å². The predicted molar refractivity (Wildman–Crippen MR) is 93.4 cm³/mol. The van der Waals surface area contributed by atoms with Gasteiger partial charge in [-0.3, -0.25) is 0 Å². The van der Waals surface area contributed by atoms with E-state index >= 15 is 0 Å².